The summed E-state index contributed by atoms with van der Waals surface area (Å²) >= 11 is 1.54. The lowest BCUT2D eigenvalue weighted by atomic mass is 10.1. The van der Waals surface area contributed by atoms with E-state index in [2.05, 4.69) is 49.4 Å². The molecule has 0 radical (unpaired) electrons. The summed E-state index contributed by atoms with van der Waals surface area (Å²) in [6.07, 6.45) is 1.62. The van der Waals surface area contributed by atoms with E-state index in [1.54, 1.807) is 28.7 Å². The molecule has 1 aliphatic heterocycles. The lowest BCUT2D eigenvalue weighted by Crippen LogP contribution is -2.46. The Kier molecular flexibility index (Phi) is 7.46. The first-order valence-electron chi connectivity index (χ1n) is 12.0. The minimum atomic E-state index is -0.318. The molecule has 0 bridgehead atoms. The lowest BCUT2D eigenvalue weighted by Gasteiger charge is -2.37. The van der Waals surface area contributed by atoms with Gasteiger partial charge in [-0.15, -0.1) is 10.2 Å². The Morgan fingerprint density at radius 1 is 0.946 bits per heavy atom. The van der Waals surface area contributed by atoms with Crippen molar-refractivity contribution in [3.05, 3.63) is 106 Å². The fourth-order valence-corrected chi connectivity index (χ4v) is 5.17. The van der Waals surface area contributed by atoms with Gasteiger partial charge in [-0.3, -0.25) is 10.1 Å². The van der Waals surface area contributed by atoms with Gasteiger partial charge in [-0.05, 0) is 30.7 Å². The maximum atomic E-state index is 12.0. The van der Waals surface area contributed by atoms with Gasteiger partial charge >= 0.3 is 0 Å². The van der Waals surface area contributed by atoms with Crippen LogP contribution in [0.1, 0.15) is 17.0 Å². The second kappa shape index (κ2) is 11.3. The van der Waals surface area contributed by atoms with Crippen molar-refractivity contribution in [1.29, 1.82) is 0 Å². The Hall–Kier alpha value is -4.18. The van der Waals surface area contributed by atoms with Crippen LogP contribution in [-0.4, -0.2) is 52.2 Å². The highest BCUT2D eigenvalue weighted by Crippen LogP contribution is 2.30. The Morgan fingerprint density at radius 3 is 2.32 bits per heavy atom. The van der Waals surface area contributed by atoms with Crippen LogP contribution in [0.4, 0.5) is 17.1 Å². The number of nitro groups is 1. The summed E-state index contributed by atoms with van der Waals surface area (Å²) in [5, 5.41) is 25.5. The summed E-state index contributed by atoms with van der Waals surface area (Å²) in [6.45, 7) is 4.87. The van der Waals surface area contributed by atoms with Crippen molar-refractivity contribution in [2.24, 2.45) is 5.10 Å². The summed E-state index contributed by atoms with van der Waals surface area (Å²) in [7, 11) is 0. The third-order valence-electron chi connectivity index (χ3n) is 6.24. The average molecular weight is 514 g/mol. The molecule has 37 heavy (non-hydrogen) atoms. The Morgan fingerprint density at radius 2 is 1.62 bits per heavy atom. The van der Waals surface area contributed by atoms with E-state index in [4.69, 9.17) is 0 Å². The summed E-state index contributed by atoms with van der Waals surface area (Å²) < 4.78 is 1.66. The first-order valence-corrected chi connectivity index (χ1v) is 13.0. The molecular weight excluding hydrogens is 486 g/mol. The van der Waals surface area contributed by atoms with Crippen molar-refractivity contribution in [2.45, 2.75) is 17.8 Å². The van der Waals surface area contributed by atoms with Gasteiger partial charge in [-0.1, -0.05) is 66.4 Å². The second-order valence-corrected chi connectivity index (χ2v) is 9.62. The zero-order valence-electron chi connectivity index (χ0n) is 20.5. The summed E-state index contributed by atoms with van der Waals surface area (Å²) in [6, 6.07) is 25.6. The van der Waals surface area contributed by atoms with E-state index in [9.17, 15) is 10.1 Å². The van der Waals surface area contributed by atoms with E-state index in [1.807, 2.05) is 55.5 Å². The average Bonchev–Trinajstić information content (AvgIpc) is 3.30. The zero-order valence-corrected chi connectivity index (χ0v) is 21.3. The lowest BCUT2D eigenvalue weighted by molar-refractivity contribution is -0.384. The number of hydrogen-bond donors (Lipinski definition) is 0. The molecule has 2 heterocycles. The number of para-hydroxylation sites is 1. The number of benzene rings is 3. The Labute approximate surface area is 219 Å². The van der Waals surface area contributed by atoms with E-state index >= 15 is 0 Å². The monoisotopic (exact) mass is 513 g/mol. The van der Waals surface area contributed by atoms with Gasteiger partial charge in [-0.2, -0.15) is 9.78 Å². The molecule has 0 aliphatic carbocycles. The molecule has 3 aromatic carbocycles. The van der Waals surface area contributed by atoms with Crippen molar-refractivity contribution in [3.63, 3.8) is 0 Å². The van der Waals surface area contributed by atoms with E-state index in [1.165, 1.54) is 11.3 Å². The number of hydrogen-bond acceptors (Lipinski definition) is 8. The highest BCUT2D eigenvalue weighted by Gasteiger charge is 2.24. The maximum absolute atomic E-state index is 12.0. The standard InChI is InChI=1S/C27H27N7O2S/c1-21-29-30-27(37-20-22-8-4-2-5-9-22)33(21)28-19-23-12-13-25(26(18-23)34(35)36)32-16-14-31(15-17-32)24-10-6-3-7-11-24/h2-13,18-19H,14-17,20H2,1H3/b28-19-. The topological polar surface area (TPSA) is 92.7 Å². The van der Waals surface area contributed by atoms with Gasteiger partial charge in [-0.25, -0.2) is 0 Å². The number of aryl methyl sites for hydroxylation is 1. The maximum Gasteiger partial charge on any atom is 0.293 e. The van der Waals surface area contributed by atoms with Crippen LogP contribution >= 0.6 is 11.8 Å². The highest BCUT2D eigenvalue weighted by molar-refractivity contribution is 7.98. The van der Waals surface area contributed by atoms with Crippen molar-refractivity contribution < 1.29 is 4.92 Å². The fourth-order valence-electron chi connectivity index (χ4n) is 4.29. The number of nitro benzene ring substituents is 1. The molecule has 0 unspecified atom stereocenters. The number of thioether (sulfide) groups is 1. The van der Waals surface area contributed by atoms with E-state index < -0.39 is 0 Å². The SMILES string of the molecule is Cc1nnc(SCc2ccccc2)n1/N=C\c1ccc(N2CCN(c3ccccc3)CC2)c([N+](=O)[O-])c1. The predicted molar refractivity (Wildman–Crippen MR) is 148 cm³/mol. The molecule has 0 atom stereocenters. The summed E-state index contributed by atoms with van der Waals surface area (Å²) in [5.41, 5.74) is 3.71. The minimum absolute atomic E-state index is 0.0799. The van der Waals surface area contributed by atoms with Crippen molar-refractivity contribution in [3.8, 4) is 0 Å². The number of piperazine rings is 1. The number of rotatable bonds is 8. The summed E-state index contributed by atoms with van der Waals surface area (Å²) in [5.74, 6) is 1.39. The summed E-state index contributed by atoms with van der Waals surface area (Å²) in [4.78, 5) is 16.0. The largest absolute Gasteiger partial charge is 0.368 e. The quantitative estimate of drug-likeness (QED) is 0.142. The minimum Gasteiger partial charge on any atom is -0.368 e. The van der Waals surface area contributed by atoms with Gasteiger partial charge in [0.15, 0.2) is 5.82 Å². The number of nitrogens with zero attached hydrogens (tertiary/aromatic N) is 7. The van der Waals surface area contributed by atoms with Crippen LogP contribution in [-0.2, 0) is 5.75 Å². The molecule has 0 spiro atoms. The third kappa shape index (κ3) is 5.80. The molecule has 5 rings (SSSR count). The first kappa shape index (κ1) is 24.5. The highest BCUT2D eigenvalue weighted by atomic mass is 32.2. The molecule has 4 aromatic rings. The van der Waals surface area contributed by atoms with Crippen LogP contribution in [0.3, 0.4) is 0 Å². The molecule has 0 amide bonds. The predicted octanol–water partition coefficient (Wildman–Crippen LogP) is 5.00. The molecule has 1 aromatic heterocycles. The number of aromatic nitrogens is 3. The van der Waals surface area contributed by atoms with Gasteiger partial charge < -0.3 is 9.80 Å². The van der Waals surface area contributed by atoms with E-state index in [0.717, 1.165) is 18.8 Å². The van der Waals surface area contributed by atoms with Crippen molar-refractivity contribution in [1.82, 2.24) is 14.9 Å². The smallest absolute Gasteiger partial charge is 0.293 e. The molecule has 0 saturated carbocycles. The molecule has 9 nitrogen and oxygen atoms in total. The molecular formula is C27H27N7O2S. The third-order valence-corrected chi connectivity index (χ3v) is 7.23. The fraction of sp³-hybridized carbons (Fsp3) is 0.222. The van der Waals surface area contributed by atoms with Crippen LogP contribution in [0.25, 0.3) is 0 Å². The molecule has 0 N–H and O–H groups in total. The van der Waals surface area contributed by atoms with Gasteiger partial charge in [0.05, 0.1) is 11.1 Å². The van der Waals surface area contributed by atoms with Gasteiger partial charge in [0, 0.05) is 49.2 Å². The Balaban J connectivity index is 1.30. The van der Waals surface area contributed by atoms with Crippen molar-refractivity contribution in [2.75, 3.05) is 36.0 Å². The molecule has 1 saturated heterocycles. The molecule has 1 fully saturated rings. The second-order valence-electron chi connectivity index (χ2n) is 8.68. The first-order chi connectivity index (χ1) is 18.1. The van der Waals surface area contributed by atoms with Crippen LogP contribution in [0.2, 0.25) is 0 Å². The van der Waals surface area contributed by atoms with E-state index in [-0.39, 0.29) is 10.6 Å². The molecule has 188 valence electrons. The van der Waals surface area contributed by atoms with Gasteiger partial charge in [0.2, 0.25) is 5.16 Å². The van der Waals surface area contributed by atoms with Crippen LogP contribution in [0.5, 0.6) is 0 Å². The van der Waals surface area contributed by atoms with Gasteiger partial charge in [0.1, 0.15) is 5.69 Å². The zero-order chi connectivity index (χ0) is 25.6. The molecule has 1 aliphatic rings. The number of anilines is 2. The van der Waals surface area contributed by atoms with Crippen LogP contribution in [0, 0.1) is 17.0 Å². The Bertz CT molecular complexity index is 1380. The van der Waals surface area contributed by atoms with Crippen LogP contribution in [0.15, 0.2) is 89.1 Å². The van der Waals surface area contributed by atoms with Crippen molar-refractivity contribution >= 4 is 35.0 Å². The van der Waals surface area contributed by atoms with E-state index in [0.29, 0.717) is 35.3 Å². The van der Waals surface area contributed by atoms with Crippen LogP contribution < -0.4 is 9.80 Å². The van der Waals surface area contributed by atoms with Gasteiger partial charge in [0.25, 0.3) is 5.69 Å². The molecule has 10 heteroatoms. The normalized spacial score (nSPS) is 13.9.